The van der Waals surface area contributed by atoms with Gasteiger partial charge in [-0.15, -0.1) is 11.3 Å². The minimum absolute atomic E-state index is 0.0142. The van der Waals surface area contributed by atoms with Gasteiger partial charge in [0.25, 0.3) is 10.0 Å². The molecule has 1 aliphatic rings. The van der Waals surface area contributed by atoms with Gasteiger partial charge in [0.15, 0.2) is 0 Å². The number of rotatable bonds is 4. The number of aromatic carboxylic acids is 1. The predicted octanol–water partition coefficient (Wildman–Crippen LogP) is 2.26. The van der Waals surface area contributed by atoms with E-state index < -0.39 is 16.0 Å². The van der Waals surface area contributed by atoms with Crippen molar-refractivity contribution in [3.63, 3.8) is 0 Å². The Morgan fingerprint density at radius 1 is 1.53 bits per heavy atom. The molecule has 2 rings (SSSR count). The van der Waals surface area contributed by atoms with E-state index in [1.165, 1.54) is 15.8 Å². The maximum Gasteiger partial charge on any atom is 0.336 e. The second kappa shape index (κ2) is 5.22. The average Bonchev–Trinajstić information content (AvgIpc) is 2.98. The Morgan fingerprint density at radius 2 is 2.21 bits per heavy atom. The van der Waals surface area contributed by atoms with Gasteiger partial charge in [0.05, 0.1) is 5.56 Å². The van der Waals surface area contributed by atoms with E-state index >= 15 is 0 Å². The van der Waals surface area contributed by atoms with E-state index in [1.54, 1.807) is 0 Å². The van der Waals surface area contributed by atoms with Crippen LogP contribution in [0.3, 0.4) is 0 Å². The van der Waals surface area contributed by atoms with Gasteiger partial charge in [0.2, 0.25) is 0 Å². The van der Waals surface area contributed by atoms with E-state index in [1.807, 2.05) is 13.8 Å². The molecule has 0 amide bonds. The third-order valence-corrected chi connectivity index (χ3v) is 6.74. The van der Waals surface area contributed by atoms with Crippen molar-refractivity contribution in [3.8, 4) is 0 Å². The Kier molecular flexibility index (Phi) is 3.98. The summed E-state index contributed by atoms with van der Waals surface area (Å²) < 4.78 is 26.7. The zero-order chi connectivity index (χ0) is 14.2. The maximum absolute atomic E-state index is 12.5. The molecule has 1 aliphatic heterocycles. The SMILES string of the molecule is CC(C)C1CCCN1S(=O)(=O)c1cc(C(=O)O)cs1. The molecule has 0 aliphatic carbocycles. The van der Waals surface area contributed by atoms with E-state index in [2.05, 4.69) is 0 Å². The van der Waals surface area contributed by atoms with Crippen molar-refractivity contribution in [2.24, 2.45) is 5.92 Å². The van der Waals surface area contributed by atoms with Crippen LogP contribution in [0.5, 0.6) is 0 Å². The number of sulfonamides is 1. The fraction of sp³-hybridized carbons (Fsp3) is 0.583. The standard InChI is InChI=1S/C12H17NO4S2/c1-8(2)10-4-3-5-13(10)19(16,17)11-6-9(7-18-11)12(14)15/h6-8,10H,3-5H2,1-2H3,(H,14,15). The van der Waals surface area contributed by atoms with Gasteiger partial charge in [-0.05, 0) is 24.8 Å². The largest absolute Gasteiger partial charge is 0.478 e. The summed E-state index contributed by atoms with van der Waals surface area (Å²) in [6, 6.07) is 1.26. The van der Waals surface area contributed by atoms with Gasteiger partial charge >= 0.3 is 5.97 Å². The molecule has 1 atom stereocenters. The fourth-order valence-electron chi connectivity index (χ4n) is 2.41. The third kappa shape index (κ3) is 2.68. The average molecular weight is 303 g/mol. The molecule has 1 aromatic rings. The number of hydrogen-bond donors (Lipinski definition) is 1. The smallest absolute Gasteiger partial charge is 0.336 e. The molecule has 2 heterocycles. The highest BCUT2D eigenvalue weighted by atomic mass is 32.2. The predicted molar refractivity (Wildman–Crippen MR) is 73.0 cm³/mol. The highest BCUT2D eigenvalue weighted by Crippen LogP contribution is 2.32. The van der Waals surface area contributed by atoms with Crippen LogP contribution in [0.15, 0.2) is 15.7 Å². The lowest BCUT2D eigenvalue weighted by molar-refractivity contribution is 0.0697. The summed E-state index contributed by atoms with van der Waals surface area (Å²) >= 11 is 0.975. The first-order valence-corrected chi connectivity index (χ1v) is 8.49. The van der Waals surface area contributed by atoms with E-state index in [9.17, 15) is 13.2 Å². The summed E-state index contributed by atoms with van der Waals surface area (Å²) in [6.07, 6.45) is 1.73. The maximum atomic E-state index is 12.5. The minimum Gasteiger partial charge on any atom is -0.478 e. The Hall–Kier alpha value is -0.920. The zero-order valence-corrected chi connectivity index (χ0v) is 12.5. The Balaban J connectivity index is 2.33. The first-order chi connectivity index (χ1) is 8.84. The summed E-state index contributed by atoms with van der Waals surface area (Å²) in [6.45, 7) is 4.54. The van der Waals surface area contributed by atoms with Crippen molar-refractivity contribution in [2.45, 2.75) is 36.9 Å². The summed E-state index contributed by atoms with van der Waals surface area (Å²) in [7, 11) is -3.56. The summed E-state index contributed by atoms with van der Waals surface area (Å²) in [5, 5.41) is 10.2. The van der Waals surface area contributed by atoms with Crippen LogP contribution in [0.4, 0.5) is 0 Å². The lowest BCUT2D eigenvalue weighted by Crippen LogP contribution is -2.38. The molecule has 5 nitrogen and oxygen atoms in total. The van der Waals surface area contributed by atoms with Crippen LogP contribution >= 0.6 is 11.3 Å². The van der Waals surface area contributed by atoms with Crippen molar-refractivity contribution < 1.29 is 18.3 Å². The van der Waals surface area contributed by atoms with Crippen LogP contribution < -0.4 is 0 Å². The molecule has 1 fully saturated rings. The highest BCUT2D eigenvalue weighted by molar-refractivity contribution is 7.91. The van der Waals surface area contributed by atoms with E-state index in [0.29, 0.717) is 6.54 Å². The number of nitrogens with zero attached hydrogens (tertiary/aromatic N) is 1. The lowest BCUT2D eigenvalue weighted by atomic mass is 10.0. The molecule has 0 radical (unpaired) electrons. The van der Waals surface area contributed by atoms with Gasteiger partial charge in [0.1, 0.15) is 4.21 Å². The Labute approximate surface area is 116 Å². The minimum atomic E-state index is -3.56. The molecule has 1 unspecified atom stereocenters. The summed E-state index contributed by atoms with van der Waals surface area (Å²) in [5.41, 5.74) is 0.0314. The van der Waals surface area contributed by atoms with Crippen LogP contribution in [-0.2, 0) is 10.0 Å². The third-order valence-electron chi connectivity index (χ3n) is 3.40. The molecule has 0 spiro atoms. The van der Waals surface area contributed by atoms with Gasteiger partial charge in [-0.3, -0.25) is 0 Å². The van der Waals surface area contributed by atoms with Crippen LogP contribution in [0.2, 0.25) is 0 Å². The second-order valence-electron chi connectivity index (χ2n) is 5.03. The molecule has 0 aromatic carbocycles. The number of carboxylic acids is 1. The highest BCUT2D eigenvalue weighted by Gasteiger charge is 2.37. The molecular weight excluding hydrogens is 286 g/mol. The van der Waals surface area contributed by atoms with Crippen molar-refractivity contribution in [1.29, 1.82) is 0 Å². The van der Waals surface area contributed by atoms with Crippen LogP contribution in [-0.4, -0.2) is 36.4 Å². The Morgan fingerprint density at radius 3 is 2.74 bits per heavy atom. The van der Waals surface area contributed by atoms with E-state index in [-0.39, 0.29) is 21.7 Å². The van der Waals surface area contributed by atoms with Crippen LogP contribution in [0.1, 0.15) is 37.0 Å². The van der Waals surface area contributed by atoms with E-state index in [0.717, 1.165) is 24.2 Å². The molecular formula is C12H17NO4S2. The van der Waals surface area contributed by atoms with Gasteiger partial charge in [0, 0.05) is 18.0 Å². The van der Waals surface area contributed by atoms with Gasteiger partial charge in [-0.1, -0.05) is 13.8 Å². The fourth-order valence-corrected chi connectivity index (χ4v) is 5.52. The first-order valence-electron chi connectivity index (χ1n) is 6.17. The first kappa shape index (κ1) is 14.5. The molecule has 19 heavy (non-hydrogen) atoms. The molecule has 1 saturated heterocycles. The molecule has 1 N–H and O–H groups in total. The molecule has 0 saturated carbocycles. The molecule has 7 heteroatoms. The van der Waals surface area contributed by atoms with Gasteiger partial charge in [-0.2, -0.15) is 4.31 Å². The van der Waals surface area contributed by atoms with E-state index in [4.69, 9.17) is 5.11 Å². The number of thiophene rings is 1. The van der Waals surface area contributed by atoms with Gasteiger partial charge in [-0.25, -0.2) is 13.2 Å². The number of carbonyl (C=O) groups is 1. The van der Waals surface area contributed by atoms with Crippen LogP contribution in [0.25, 0.3) is 0 Å². The van der Waals surface area contributed by atoms with Crippen molar-refractivity contribution in [1.82, 2.24) is 4.31 Å². The van der Waals surface area contributed by atoms with Crippen molar-refractivity contribution >= 4 is 27.3 Å². The van der Waals surface area contributed by atoms with Crippen molar-refractivity contribution in [2.75, 3.05) is 6.54 Å². The zero-order valence-electron chi connectivity index (χ0n) is 10.9. The van der Waals surface area contributed by atoms with Gasteiger partial charge < -0.3 is 5.11 Å². The summed E-state index contributed by atoms with van der Waals surface area (Å²) in [5.74, 6) is -0.837. The molecule has 106 valence electrons. The monoisotopic (exact) mass is 303 g/mol. The second-order valence-corrected chi connectivity index (χ2v) is 8.06. The number of carboxylic acid groups (broad SMARTS) is 1. The number of hydrogen-bond acceptors (Lipinski definition) is 4. The lowest BCUT2D eigenvalue weighted by Gasteiger charge is -2.26. The normalized spacial score (nSPS) is 21.1. The Bertz CT molecular complexity index is 576. The molecule has 1 aromatic heterocycles. The summed E-state index contributed by atoms with van der Waals surface area (Å²) in [4.78, 5) is 10.8. The van der Waals surface area contributed by atoms with Crippen molar-refractivity contribution in [3.05, 3.63) is 17.0 Å². The van der Waals surface area contributed by atoms with Crippen LogP contribution in [0, 0.1) is 5.92 Å². The topological polar surface area (TPSA) is 74.7 Å². The quantitative estimate of drug-likeness (QED) is 0.925. The molecule has 0 bridgehead atoms.